The van der Waals surface area contributed by atoms with E-state index in [-0.39, 0.29) is 29.6 Å². The van der Waals surface area contributed by atoms with Crippen molar-refractivity contribution in [3.05, 3.63) is 11.5 Å². The van der Waals surface area contributed by atoms with Gasteiger partial charge in [-0.25, -0.2) is 0 Å². The van der Waals surface area contributed by atoms with Crippen molar-refractivity contribution in [3.63, 3.8) is 0 Å². The van der Waals surface area contributed by atoms with Crippen LogP contribution in [0, 0.1) is 0 Å². The van der Waals surface area contributed by atoms with Crippen LogP contribution >= 0.6 is 11.8 Å². The molecule has 0 bridgehead atoms. The van der Waals surface area contributed by atoms with Crippen molar-refractivity contribution in [1.29, 1.82) is 0 Å². The standard InChI is InChI=1S/C16H27NO3S/c1-3-4-5-6-7-8-10-17-16(20)9-11-21-13-15(19)12-14(2)18/h9,11H,3-8,10,12-13H2,1-2H3,(H,17,20). The van der Waals surface area contributed by atoms with Crippen LogP contribution in [-0.2, 0) is 14.4 Å². The van der Waals surface area contributed by atoms with Crippen LogP contribution in [0.5, 0.6) is 0 Å². The van der Waals surface area contributed by atoms with Crippen molar-refractivity contribution in [1.82, 2.24) is 5.32 Å². The van der Waals surface area contributed by atoms with Gasteiger partial charge in [-0.1, -0.05) is 39.0 Å². The van der Waals surface area contributed by atoms with Gasteiger partial charge in [0.1, 0.15) is 11.6 Å². The highest BCUT2D eigenvalue weighted by Crippen LogP contribution is 2.05. The van der Waals surface area contributed by atoms with Gasteiger partial charge in [-0.05, 0) is 18.8 Å². The zero-order valence-corrected chi connectivity index (χ0v) is 14.0. The number of rotatable bonds is 13. The topological polar surface area (TPSA) is 63.2 Å². The summed E-state index contributed by atoms with van der Waals surface area (Å²) >= 11 is 1.24. The van der Waals surface area contributed by atoms with E-state index in [1.54, 1.807) is 5.41 Å². The molecule has 120 valence electrons. The summed E-state index contributed by atoms with van der Waals surface area (Å²) in [6.45, 7) is 4.29. The molecule has 0 radical (unpaired) electrons. The highest BCUT2D eigenvalue weighted by Gasteiger charge is 2.04. The molecule has 0 aromatic heterocycles. The Morgan fingerprint density at radius 1 is 1.05 bits per heavy atom. The van der Waals surface area contributed by atoms with E-state index in [1.807, 2.05) is 0 Å². The zero-order chi connectivity index (χ0) is 15.9. The predicted octanol–water partition coefficient (Wildman–Crippen LogP) is 3.26. The number of nitrogens with one attached hydrogen (secondary N) is 1. The maximum atomic E-state index is 11.5. The third-order valence-electron chi connectivity index (χ3n) is 2.84. The Morgan fingerprint density at radius 2 is 1.71 bits per heavy atom. The van der Waals surface area contributed by atoms with Crippen LogP contribution in [0.3, 0.4) is 0 Å². The molecule has 0 fully saturated rings. The van der Waals surface area contributed by atoms with E-state index in [4.69, 9.17) is 0 Å². The monoisotopic (exact) mass is 313 g/mol. The van der Waals surface area contributed by atoms with Crippen LogP contribution in [0.1, 0.15) is 58.8 Å². The van der Waals surface area contributed by atoms with Crippen molar-refractivity contribution in [2.75, 3.05) is 12.3 Å². The van der Waals surface area contributed by atoms with Crippen molar-refractivity contribution < 1.29 is 14.4 Å². The Kier molecular flexibility index (Phi) is 13.1. The van der Waals surface area contributed by atoms with Gasteiger partial charge < -0.3 is 5.32 Å². The minimum Gasteiger partial charge on any atom is -0.353 e. The number of carbonyl (C=O) groups excluding carboxylic acids is 3. The molecule has 1 N–H and O–H groups in total. The van der Waals surface area contributed by atoms with Crippen LogP contribution < -0.4 is 5.32 Å². The number of unbranched alkanes of at least 4 members (excludes halogenated alkanes) is 5. The van der Waals surface area contributed by atoms with Gasteiger partial charge in [0.25, 0.3) is 0 Å². The summed E-state index contributed by atoms with van der Waals surface area (Å²) in [6.07, 6.45) is 8.60. The average Bonchev–Trinajstić information content (AvgIpc) is 2.42. The van der Waals surface area contributed by atoms with Crippen LogP contribution in [-0.4, -0.2) is 29.8 Å². The maximum absolute atomic E-state index is 11.5. The number of carbonyl (C=O) groups is 3. The first kappa shape index (κ1) is 19.9. The van der Waals surface area contributed by atoms with Gasteiger partial charge in [-0.2, -0.15) is 0 Å². The lowest BCUT2D eigenvalue weighted by Gasteiger charge is -2.02. The summed E-state index contributed by atoms with van der Waals surface area (Å²) in [6, 6.07) is 0. The summed E-state index contributed by atoms with van der Waals surface area (Å²) in [4.78, 5) is 33.4. The number of hydrogen-bond donors (Lipinski definition) is 1. The van der Waals surface area contributed by atoms with E-state index >= 15 is 0 Å². The third kappa shape index (κ3) is 15.1. The van der Waals surface area contributed by atoms with Crippen molar-refractivity contribution in [2.24, 2.45) is 0 Å². The first-order valence-electron chi connectivity index (χ1n) is 7.63. The molecule has 0 aromatic carbocycles. The highest BCUT2D eigenvalue weighted by atomic mass is 32.2. The van der Waals surface area contributed by atoms with E-state index in [2.05, 4.69) is 12.2 Å². The molecular formula is C16H27NO3S. The smallest absolute Gasteiger partial charge is 0.244 e. The molecule has 0 heterocycles. The molecule has 0 unspecified atom stereocenters. The van der Waals surface area contributed by atoms with Gasteiger partial charge in [-0.15, -0.1) is 11.8 Å². The lowest BCUT2D eigenvalue weighted by molar-refractivity contribution is -0.124. The zero-order valence-electron chi connectivity index (χ0n) is 13.2. The van der Waals surface area contributed by atoms with Gasteiger partial charge in [0.05, 0.1) is 12.2 Å². The normalized spacial score (nSPS) is 10.8. The summed E-state index contributed by atoms with van der Waals surface area (Å²) in [5.41, 5.74) is 0. The molecule has 1 amide bonds. The van der Waals surface area contributed by atoms with E-state index in [0.29, 0.717) is 6.54 Å². The van der Waals surface area contributed by atoms with E-state index in [1.165, 1.54) is 50.4 Å². The molecule has 0 saturated carbocycles. The number of thioether (sulfide) groups is 1. The summed E-state index contributed by atoms with van der Waals surface area (Å²) in [5, 5.41) is 4.42. The van der Waals surface area contributed by atoms with Gasteiger partial charge in [0.2, 0.25) is 5.91 Å². The van der Waals surface area contributed by atoms with Crippen LogP contribution in [0.15, 0.2) is 11.5 Å². The SMILES string of the molecule is CCCCCCCCNC(=O)C=CSCC(=O)CC(C)=O. The summed E-state index contributed by atoms with van der Waals surface area (Å²) in [7, 11) is 0. The first-order chi connectivity index (χ1) is 10.1. The lowest BCUT2D eigenvalue weighted by Crippen LogP contribution is -2.21. The predicted molar refractivity (Wildman–Crippen MR) is 88.3 cm³/mol. The Hall–Kier alpha value is -1.10. The third-order valence-corrected chi connectivity index (χ3v) is 3.65. The fraction of sp³-hybridized carbons (Fsp3) is 0.688. The second-order valence-electron chi connectivity index (χ2n) is 5.09. The first-order valence-corrected chi connectivity index (χ1v) is 8.68. The molecule has 4 nitrogen and oxygen atoms in total. The molecule has 21 heavy (non-hydrogen) atoms. The van der Waals surface area contributed by atoms with Gasteiger partial charge in [0.15, 0.2) is 0 Å². The highest BCUT2D eigenvalue weighted by molar-refractivity contribution is 8.02. The second-order valence-corrected chi connectivity index (χ2v) is 5.98. The molecule has 0 atom stereocenters. The Bertz CT molecular complexity index is 353. The van der Waals surface area contributed by atoms with E-state index < -0.39 is 0 Å². The maximum Gasteiger partial charge on any atom is 0.244 e. The largest absolute Gasteiger partial charge is 0.353 e. The Labute approximate surface area is 132 Å². The van der Waals surface area contributed by atoms with Crippen LogP contribution in [0.4, 0.5) is 0 Å². The molecule has 0 rings (SSSR count). The summed E-state index contributed by atoms with van der Waals surface area (Å²) < 4.78 is 0. The van der Waals surface area contributed by atoms with Crippen LogP contribution in [0.2, 0.25) is 0 Å². The van der Waals surface area contributed by atoms with Crippen LogP contribution in [0.25, 0.3) is 0 Å². The lowest BCUT2D eigenvalue weighted by atomic mass is 10.1. The van der Waals surface area contributed by atoms with E-state index in [9.17, 15) is 14.4 Å². The number of amides is 1. The number of hydrogen-bond acceptors (Lipinski definition) is 4. The molecule has 0 aliphatic heterocycles. The molecule has 5 heteroatoms. The molecule has 0 aliphatic carbocycles. The quantitative estimate of drug-likeness (QED) is 0.322. The number of ketones is 2. The fourth-order valence-corrected chi connectivity index (χ4v) is 2.36. The van der Waals surface area contributed by atoms with Crippen molar-refractivity contribution >= 4 is 29.2 Å². The van der Waals surface area contributed by atoms with Crippen molar-refractivity contribution in [3.8, 4) is 0 Å². The van der Waals surface area contributed by atoms with Crippen molar-refractivity contribution in [2.45, 2.75) is 58.8 Å². The molecule has 0 aromatic rings. The minimum atomic E-state index is -0.130. The molecule has 0 aliphatic rings. The Balaban J connectivity index is 3.50. The Morgan fingerprint density at radius 3 is 2.38 bits per heavy atom. The number of Topliss-reactive ketones (excluding diaryl/α,β-unsaturated/α-hetero) is 2. The minimum absolute atomic E-state index is 0.0228. The van der Waals surface area contributed by atoms with Gasteiger partial charge in [-0.3, -0.25) is 14.4 Å². The molecular weight excluding hydrogens is 286 g/mol. The second kappa shape index (κ2) is 13.9. The van der Waals surface area contributed by atoms with E-state index in [0.717, 1.165) is 12.8 Å². The fourth-order valence-electron chi connectivity index (χ4n) is 1.76. The van der Waals surface area contributed by atoms with Gasteiger partial charge >= 0.3 is 0 Å². The van der Waals surface area contributed by atoms with Gasteiger partial charge in [0, 0.05) is 12.6 Å². The molecule has 0 spiro atoms. The molecule has 0 saturated heterocycles. The average molecular weight is 313 g/mol. The summed E-state index contributed by atoms with van der Waals surface area (Å²) in [5.74, 6) is -0.123.